The number of carbonyl (C=O) groups excluding carboxylic acids is 2. The first-order chi connectivity index (χ1) is 10.1. The van der Waals surface area contributed by atoms with Gasteiger partial charge in [0.2, 0.25) is 0 Å². The van der Waals surface area contributed by atoms with Gasteiger partial charge in [-0.1, -0.05) is 18.2 Å². The highest BCUT2D eigenvalue weighted by Crippen LogP contribution is 2.31. The molecule has 0 saturated heterocycles. The molecule has 5 heteroatoms. The molecule has 0 aliphatic rings. The number of esters is 1. The molecule has 0 fully saturated rings. The van der Waals surface area contributed by atoms with Gasteiger partial charge in [-0.05, 0) is 30.9 Å². The van der Waals surface area contributed by atoms with Crippen LogP contribution >= 0.6 is 11.3 Å². The van der Waals surface area contributed by atoms with Crippen LogP contribution in [0.15, 0.2) is 24.3 Å². The minimum Gasteiger partial charge on any atom is -0.469 e. The van der Waals surface area contributed by atoms with Crippen molar-refractivity contribution < 1.29 is 14.3 Å². The van der Waals surface area contributed by atoms with Crippen LogP contribution in [0, 0.1) is 6.92 Å². The molecule has 1 aromatic carbocycles. The lowest BCUT2D eigenvalue weighted by atomic mass is 10.1. The summed E-state index contributed by atoms with van der Waals surface area (Å²) in [5.74, 6) is -0.311. The van der Waals surface area contributed by atoms with Gasteiger partial charge in [-0.2, -0.15) is 0 Å². The van der Waals surface area contributed by atoms with E-state index in [1.807, 2.05) is 38.1 Å². The molecular weight excluding hydrogens is 286 g/mol. The first kappa shape index (κ1) is 15.5. The van der Waals surface area contributed by atoms with E-state index >= 15 is 0 Å². The van der Waals surface area contributed by atoms with Crippen molar-refractivity contribution in [2.24, 2.45) is 0 Å². The van der Waals surface area contributed by atoms with Crippen LogP contribution in [-0.4, -0.2) is 37.0 Å². The molecule has 2 rings (SSSR count). The summed E-state index contributed by atoms with van der Waals surface area (Å²) in [6, 6.07) is 8.00. The number of fused-ring (bicyclic) bond motifs is 1. The van der Waals surface area contributed by atoms with Crippen molar-refractivity contribution in [2.45, 2.75) is 20.3 Å². The van der Waals surface area contributed by atoms with Crippen molar-refractivity contribution in [3.63, 3.8) is 0 Å². The molecule has 0 bridgehead atoms. The maximum absolute atomic E-state index is 12.7. The predicted octanol–water partition coefficient (Wildman–Crippen LogP) is 3.23. The maximum atomic E-state index is 12.7. The Labute approximate surface area is 128 Å². The summed E-state index contributed by atoms with van der Waals surface area (Å²) in [6.45, 7) is 4.84. The SMILES string of the molecule is CCN(CCC(=O)OC)C(=O)c1sc2ccccc2c1C. The molecule has 0 radical (unpaired) electrons. The van der Waals surface area contributed by atoms with Gasteiger partial charge in [-0.3, -0.25) is 9.59 Å². The Morgan fingerprint density at radius 3 is 2.62 bits per heavy atom. The van der Waals surface area contributed by atoms with Crippen LogP contribution in [-0.2, 0) is 9.53 Å². The molecule has 0 spiro atoms. The molecule has 0 N–H and O–H groups in total. The smallest absolute Gasteiger partial charge is 0.307 e. The van der Waals surface area contributed by atoms with E-state index in [9.17, 15) is 9.59 Å². The normalized spacial score (nSPS) is 10.6. The van der Waals surface area contributed by atoms with Crippen LogP contribution in [0.5, 0.6) is 0 Å². The van der Waals surface area contributed by atoms with E-state index in [0.717, 1.165) is 20.5 Å². The third-order valence-corrected chi connectivity index (χ3v) is 4.78. The third-order valence-electron chi connectivity index (χ3n) is 3.52. The number of hydrogen-bond acceptors (Lipinski definition) is 4. The molecule has 112 valence electrons. The highest BCUT2D eigenvalue weighted by atomic mass is 32.1. The number of carbonyl (C=O) groups is 2. The number of benzene rings is 1. The highest BCUT2D eigenvalue weighted by Gasteiger charge is 2.20. The Bertz CT molecular complexity index is 663. The zero-order chi connectivity index (χ0) is 15.4. The van der Waals surface area contributed by atoms with Crippen molar-refractivity contribution in [1.29, 1.82) is 0 Å². The van der Waals surface area contributed by atoms with E-state index in [1.54, 1.807) is 4.90 Å². The van der Waals surface area contributed by atoms with Gasteiger partial charge in [0.25, 0.3) is 5.91 Å². The minimum absolute atomic E-state index is 0.0138. The number of aryl methyl sites for hydroxylation is 1. The molecule has 0 aliphatic carbocycles. The number of rotatable bonds is 5. The molecule has 0 atom stereocenters. The lowest BCUT2D eigenvalue weighted by Gasteiger charge is -2.19. The molecular formula is C16H19NO3S. The second-order valence-corrected chi connectivity index (χ2v) is 5.82. The summed E-state index contributed by atoms with van der Waals surface area (Å²) in [5, 5.41) is 1.12. The van der Waals surface area contributed by atoms with Crippen LogP contribution in [0.1, 0.15) is 28.6 Å². The summed E-state index contributed by atoms with van der Waals surface area (Å²) < 4.78 is 5.74. The third kappa shape index (κ3) is 3.24. The zero-order valence-corrected chi connectivity index (χ0v) is 13.3. The fourth-order valence-corrected chi connectivity index (χ4v) is 3.43. The molecule has 1 amide bonds. The van der Waals surface area contributed by atoms with Crippen LogP contribution in [0.2, 0.25) is 0 Å². The molecule has 0 saturated carbocycles. The average molecular weight is 305 g/mol. The fraction of sp³-hybridized carbons (Fsp3) is 0.375. The Kier molecular flexibility index (Phi) is 4.96. The van der Waals surface area contributed by atoms with Crippen molar-refractivity contribution in [3.8, 4) is 0 Å². The van der Waals surface area contributed by atoms with E-state index in [1.165, 1.54) is 18.4 Å². The molecule has 0 unspecified atom stereocenters. The quantitative estimate of drug-likeness (QED) is 0.797. The van der Waals surface area contributed by atoms with Gasteiger partial charge in [0.15, 0.2) is 0 Å². The molecule has 4 nitrogen and oxygen atoms in total. The largest absolute Gasteiger partial charge is 0.469 e. The van der Waals surface area contributed by atoms with Gasteiger partial charge in [0.1, 0.15) is 0 Å². The van der Waals surface area contributed by atoms with Gasteiger partial charge in [-0.15, -0.1) is 11.3 Å². The predicted molar refractivity (Wildman–Crippen MR) is 84.8 cm³/mol. The van der Waals surface area contributed by atoms with Crippen LogP contribution in [0.3, 0.4) is 0 Å². The molecule has 1 aromatic heterocycles. The van der Waals surface area contributed by atoms with Gasteiger partial charge in [0.05, 0.1) is 18.4 Å². The highest BCUT2D eigenvalue weighted by molar-refractivity contribution is 7.21. The Morgan fingerprint density at radius 2 is 2.00 bits per heavy atom. The second kappa shape index (κ2) is 6.72. The van der Waals surface area contributed by atoms with Crippen molar-refractivity contribution in [1.82, 2.24) is 4.90 Å². The first-order valence-corrected chi connectivity index (χ1v) is 7.74. The molecule has 2 aromatic rings. The van der Waals surface area contributed by atoms with Crippen molar-refractivity contribution >= 4 is 33.3 Å². The average Bonchev–Trinajstić information content (AvgIpc) is 2.85. The number of nitrogens with zero attached hydrogens (tertiary/aromatic N) is 1. The van der Waals surface area contributed by atoms with Gasteiger partial charge in [0, 0.05) is 17.8 Å². The van der Waals surface area contributed by atoms with Crippen LogP contribution in [0.25, 0.3) is 10.1 Å². The van der Waals surface area contributed by atoms with Gasteiger partial charge in [-0.25, -0.2) is 0 Å². The lowest BCUT2D eigenvalue weighted by molar-refractivity contribution is -0.140. The molecule has 21 heavy (non-hydrogen) atoms. The van der Waals surface area contributed by atoms with E-state index in [-0.39, 0.29) is 18.3 Å². The molecule has 0 aliphatic heterocycles. The number of methoxy groups -OCH3 is 1. The fourth-order valence-electron chi connectivity index (χ4n) is 2.25. The Hall–Kier alpha value is -1.88. The Balaban J connectivity index is 2.23. The zero-order valence-electron chi connectivity index (χ0n) is 12.5. The topological polar surface area (TPSA) is 46.6 Å². The summed E-state index contributed by atoms with van der Waals surface area (Å²) in [4.78, 5) is 26.3. The van der Waals surface area contributed by atoms with Gasteiger partial charge >= 0.3 is 5.97 Å². The van der Waals surface area contributed by atoms with E-state index < -0.39 is 0 Å². The summed E-state index contributed by atoms with van der Waals surface area (Å²) in [7, 11) is 1.36. The van der Waals surface area contributed by atoms with Gasteiger partial charge < -0.3 is 9.64 Å². The summed E-state index contributed by atoms with van der Waals surface area (Å²) >= 11 is 1.51. The number of ether oxygens (including phenoxy) is 1. The standard InChI is InChI=1S/C16H19NO3S/c1-4-17(10-9-14(18)20-3)16(19)15-11(2)12-7-5-6-8-13(12)21-15/h5-8H,4,9-10H2,1-3H3. The first-order valence-electron chi connectivity index (χ1n) is 6.92. The minimum atomic E-state index is -0.297. The second-order valence-electron chi connectivity index (χ2n) is 4.76. The van der Waals surface area contributed by atoms with E-state index in [2.05, 4.69) is 4.74 Å². The van der Waals surface area contributed by atoms with Crippen molar-refractivity contribution in [2.75, 3.05) is 20.2 Å². The van der Waals surface area contributed by atoms with E-state index in [0.29, 0.717) is 13.1 Å². The molecule has 1 heterocycles. The Morgan fingerprint density at radius 1 is 1.29 bits per heavy atom. The summed E-state index contributed by atoms with van der Waals surface area (Å²) in [6.07, 6.45) is 0.222. The number of amides is 1. The summed E-state index contributed by atoms with van der Waals surface area (Å²) in [5.41, 5.74) is 1.01. The van der Waals surface area contributed by atoms with Crippen LogP contribution < -0.4 is 0 Å². The van der Waals surface area contributed by atoms with Crippen LogP contribution in [0.4, 0.5) is 0 Å². The number of thiophene rings is 1. The maximum Gasteiger partial charge on any atom is 0.307 e. The van der Waals surface area contributed by atoms with E-state index in [4.69, 9.17) is 0 Å². The number of hydrogen-bond donors (Lipinski definition) is 0. The lowest BCUT2D eigenvalue weighted by Crippen LogP contribution is -2.32. The monoisotopic (exact) mass is 305 g/mol. The van der Waals surface area contributed by atoms with Crippen molar-refractivity contribution in [3.05, 3.63) is 34.7 Å².